The Morgan fingerprint density at radius 3 is 1.85 bits per heavy atom. The van der Waals surface area contributed by atoms with Crippen LogP contribution in [0, 0.1) is 0 Å². The highest BCUT2D eigenvalue weighted by Crippen LogP contribution is 2.55. The number of benzene rings is 9. The zero-order valence-corrected chi connectivity index (χ0v) is 30.8. The minimum Gasteiger partial charge on any atom is -0.454 e. The Morgan fingerprint density at radius 1 is 0.382 bits per heavy atom. The second kappa shape index (κ2) is 12.1. The standard InChI is InChI=1S/C53H37NO/c1-53(2)48-21-11-10-19-43(48)44-28-26-41(33-49(44)53)54(40-17-4-3-5-18-40)50-22-12-20-45-46-30-39(38-24-23-34-13-6-7-14-35(34)29-38)25-27-42(46)47-31-36-15-8-9-16-37(36)32-51(47)55-52(45)50/h3-33H,1-2H3. The molecule has 0 amide bonds. The van der Waals surface area contributed by atoms with Crippen molar-refractivity contribution < 1.29 is 4.74 Å². The van der Waals surface area contributed by atoms with Crippen molar-refractivity contribution in [2.75, 3.05) is 4.90 Å². The number of rotatable bonds is 4. The molecule has 2 heteroatoms. The molecule has 0 saturated heterocycles. The molecular weight excluding hydrogens is 667 g/mol. The largest absolute Gasteiger partial charge is 0.454 e. The molecule has 0 aromatic heterocycles. The first kappa shape index (κ1) is 31.6. The van der Waals surface area contributed by atoms with Crippen LogP contribution in [0.5, 0.6) is 11.5 Å². The van der Waals surface area contributed by atoms with E-state index < -0.39 is 0 Å². The monoisotopic (exact) mass is 703 g/mol. The van der Waals surface area contributed by atoms with Gasteiger partial charge < -0.3 is 9.64 Å². The number of fused-ring (bicyclic) bond motifs is 10. The lowest BCUT2D eigenvalue weighted by Crippen LogP contribution is -2.16. The predicted octanol–water partition coefficient (Wildman–Crippen LogP) is 14.9. The smallest absolute Gasteiger partial charge is 0.159 e. The van der Waals surface area contributed by atoms with Crippen LogP contribution in [0.2, 0.25) is 0 Å². The van der Waals surface area contributed by atoms with Gasteiger partial charge in [0.05, 0.1) is 5.69 Å². The zero-order chi connectivity index (χ0) is 36.7. The highest BCUT2D eigenvalue weighted by atomic mass is 16.5. The van der Waals surface area contributed by atoms with Gasteiger partial charge in [-0.1, -0.05) is 147 Å². The highest BCUT2D eigenvalue weighted by molar-refractivity contribution is 6.01. The van der Waals surface area contributed by atoms with Crippen LogP contribution < -0.4 is 9.64 Å². The minimum absolute atomic E-state index is 0.132. The summed E-state index contributed by atoms with van der Waals surface area (Å²) in [5, 5.41) is 4.81. The normalized spacial score (nSPS) is 13.2. The molecule has 9 aromatic carbocycles. The topological polar surface area (TPSA) is 12.5 Å². The Labute approximate surface area is 321 Å². The van der Waals surface area contributed by atoms with Crippen molar-refractivity contribution in [1.82, 2.24) is 0 Å². The maximum atomic E-state index is 7.29. The van der Waals surface area contributed by atoms with E-state index in [1.54, 1.807) is 0 Å². The van der Waals surface area contributed by atoms with E-state index in [1.165, 1.54) is 49.5 Å². The van der Waals surface area contributed by atoms with Gasteiger partial charge in [-0.15, -0.1) is 0 Å². The number of anilines is 3. The van der Waals surface area contributed by atoms with E-state index in [0.717, 1.165) is 56.2 Å². The third-order valence-electron chi connectivity index (χ3n) is 11.8. The predicted molar refractivity (Wildman–Crippen MR) is 230 cm³/mol. The molecule has 1 aliphatic heterocycles. The van der Waals surface area contributed by atoms with Crippen molar-refractivity contribution in [3.05, 3.63) is 199 Å². The molecule has 0 spiro atoms. The first-order valence-electron chi connectivity index (χ1n) is 19.1. The number of hydrogen-bond donors (Lipinski definition) is 0. The Bertz CT molecular complexity index is 2990. The molecule has 1 aliphatic carbocycles. The van der Waals surface area contributed by atoms with Gasteiger partial charge in [-0.25, -0.2) is 0 Å². The summed E-state index contributed by atoms with van der Waals surface area (Å²) in [5.41, 5.74) is 15.2. The quantitative estimate of drug-likeness (QED) is 0.181. The maximum absolute atomic E-state index is 7.29. The number of hydrogen-bond acceptors (Lipinski definition) is 2. The fourth-order valence-electron chi connectivity index (χ4n) is 9.03. The molecule has 1 heterocycles. The van der Waals surface area contributed by atoms with Crippen LogP contribution in [0.1, 0.15) is 25.0 Å². The molecule has 260 valence electrons. The fraction of sp³-hybridized carbons (Fsp3) is 0.0566. The molecule has 11 rings (SSSR count). The fourth-order valence-corrected chi connectivity index (χ4v) is 9.03. The van der Waals surface area contributed by atoms with E-state index in [1.807, 2.05) is 0 Å². The van der Waals surface area contributed by atoms with Gasteiger partial charge >= 0.3 is 0 Å². The number of ether oxygens (including phenoxy) is 1. The molecule has 0 atom stereocenters. The Morgan fingerprint density at radius 2 is 1.02 bits per heavy atom. The van der Waals surface area contributed by atoms with E-state index in [-0.39, 0.29) is 5.41 Å². The van der Waals surface area contributed by atoms with Crippen molar-refractivity contribution in [1.29, 1.82) is 0 Å². The molecule has 0 unspecified atom stereocenters. The second-order valence-corrected chi connectivity index (χ2v) is 15.3. The summed E-state index contributed by atoms with van der Waals surface area (Å²) in [7, 11) is 0. The lowest BCUT2D eigenvalue weighted by molar-refractivity contribution is 0.489. The van der Waals surface area contributed by atoms with Gasteiger partial charge in [0.25, 0.3) is 0 Å². The molecule has 0 saturated carbocycles. The number of nitrogens with zero attached hydrogens (tertiary/aromatic N) is 1. The molecule has 0 fully saturated rings. The molecule has 2 aliphatic rings. The summed E-state index contributed by atoms with van der Waals surface area (Å²) in [6.07, 6.45) is 0. The van der Waals surface area contributed by atoms with Crippen LogP contribution >= 0.6 is 0 Å². The molecule has 55 heavy (non-hydrogen) atoms. The molecular formula is C53H37NO. The van der Waals surface area contributed by atoms with Crippen molar-refractivity contribution >= 4 is 38.6 Å². The van der Waals surface area contributed by atoms with Crippen LogP contribution in [0.25, 0.3) is 66.1 Å². The summed E-state index contributed by atoms with van der Waals surface area (Å²) in [6, 6.07) is 68.4. The average Bonchev–Trinajstić information content (AvgIpc) is 3.37. The Hall–Kier alpha value is -6.90. The van der Waals surface area contributed by atoms with Gasteiger partial charge in [-0.2, -0.15) is 0 Å². The molecule has 0 N–H and O–H groups in total. The van der Waals surface area contributed by atoms with Crippen molar-refractivity contribution in [3.8, 4) is 56.0 Å². The zero-order valence-electron chi connectivity index (χ0n) is 30.8. The summed E-state index contributed by atoms with van der Waals surface area (Å²) >= 11 is 0. The van der Waals surface area contributed by atoms with Crippen molar-refractivity contribution in [2.24, 2.45) is 0 Å². The van der Waals surface area contributed by atoms with Crippen LogP contribution in [0.3, 0.4) is 0 Å². The van der Waals surface area contributed by atoms with E-state index in [4.69, 9.17) is 4.74 Å². The summed E-state index contributed by atoms with van der Waals surface area (Å²) in [6.45, 7) is 4.69. The Kier molecular flexibility index (Phi) is 6.93. The Balaban J connectivity index is 1.16. The molecule has 9 aromatic rings. The highest BCUT2D eigenvalue weighted by Gasteiger charge is 2.36. The first-order valence-corrected chi connectivity index (χ1v) is 19.1. The van der Waals surface area contributed by atoms with Crippen LogP contribution in [-0.4, -0.2) is 0 Å². The van der Waals surface area contributed by atoms with Crippen LogP contribution in [0.15, 0.2) is 188 Å². The van der Waals surface area contributed by atoms with E-state index in [9.17, 15) is 0 Å². The molecule has 0 radical (unpaired) electrons. The molecule has 0 bridgehead atoms. The van der Waals surface area contributed by atoms with Crippen molar-refractivity contribution in [2.45, 2.75) is 19.3 Å². The van der Waals surface area contributed by atoms with Gasteiger partial charge in [-0.05, 0) is 121 Å². The summed E-state index contributed by atoms with van der Waals surface area (Å²) in [4.78, 5) is 2.37. The first-order chi connectivity index (χ1) is 27.0. The van der Waals surface area contributed by atoms with Crippen LogP contribution in [0.4, 0.5) is 17.1 Å². The van der Waals surface area contributed by atoms with E-state index in [0.29, 0.717) is 0 Å². The lowest BCUT2D eigenvalue weighted by Gasteiger charge is -2.30. The van der Waals surface area contributed by atoms with Crippen molar-refractivity contribution in [3.63, 3.8) is 0 Å². The maximum Gasteiger partial charge on any atom is 0.159 e. The van der Waals surface area contributed by atoms with Gasteiger partial charge in [0.2, 0.25) is 0 Å². The van der Waals surface area contributed by atoms with Gasteiger partial charge in [0.1, 0.15) is 5.75 Å². The molecule has 2 nitrogen and oxygen atoms in total. The van der Waals surface area contributed by atoms with Gasteiger partial charge in [-0.3, -0.25) is 0 Å². The average molecular weight is 704 g/mol. The third-order valence-corrected chi connectivity index (χ3v) is 11.8. The van der Waals surface area contributed by atoms with Gasteiger partial charge in [0.15, 0.2) is 5.75 Å². The lowest BCUT2D eigenvalue weighted by atomic mass is 9.82. The SMILES string of the molecule is CC1(C)c2ccccc2-c2ccc(N(c3ccccc3)c3cccc4c3Oc3cc5ccccc5cc3-c3ccc(-c5ccc6ccccc6c5)cc3-4)cc21. The minimum atomic E-state index is -0.132. The summed E-state index contributed by atoms with van der Waals surface area (Å²) < 4.78 is 7.29. The second-order valence-electron chi connectivity index (χ2n) is 15.3. The van der Waals surface area contributed by atoms with Gasteiger partial charge in [0, 0.05) is 27.9 Å². The number of para-hydroxylation sites is 2. The van der Waals surface area contributed by atoms with E-state index in [2.05, 4.69) is 207 Å². The van der Waals surface area contributed by atoms with E-state index >= 15 is 0 Å². The third kappa shape index (κ3) is 4.95. The van der Waals surface area contributed by atoms with Crippen LogP contribution in [-0.2, 0) is 5.41 Å². The summed E-state index contributed by atoms with van der Waals surface area (Å²) in [5.74, 6) is 1.68.